The molecule has 1 aliphatic rings. The maximum atomic E-state index is 12.1. The zero-order chi connectivity index (χ0) is 14.7. The number of thiazole rings is 1. The highest BCUT2D eigenvalue weighted by molar-refractivity contribution is 7.15. The van der Waals surface area contributed by atoms with Crippen molar-refractivity contribution in [3.05, 3.63) is 33.7 Å². The Bertz CT molecular complexity index is 644. The predicted molar refractivity (Wildman–Crippen MR) is 85.9 cm³/mol. The van der Waals surface area contributed by atoms with Gasteiger partial charge in [-0.15, -0.1) is 11.3 Å². The zero-order valence-corrected chi connectivity index (χ0v) is 13.2. The number of hydrogen-bond acceptors (Lipinski definition) is 5. The van der Waals surface area contributed by atoms with Crippen molar-refractivity contribution in [1.82, 2.24) is 19.6 Å². The van der Waals surface area contributed by atoms with Crippen LogP contribution in [0.1, 0.15) is 31.9 Å². The first kappa shape index (κ1) is 14.7. The molecule has 1 fully saturated rings. The van der Waals surface area contributed by atoms with Crippen molar-refractivity contribution in [1.29, 1.82) is 0 Å². The van der Waals surface area contributed by atoms with E-state index in [1.54, 1.807) is 16.7 Å². The van der Waals surface area contributed by atoms with Gasteiger partial charge in [0.05, 0.1) is 5.69 Å². The fraction of sp³-hybridized carbons (Fsp3) is 0.600. The Labute approximate surface area is 128 Å². The molecule has 3 rings (SSSR count). The van der Waals surface area contributed by atoms with Gasteiger partial charge in [0.1, 0.15) is 0 Å². The molecule has 0 aromatic carbocycles. The lowest BCUT2D eigenvalue weighted by atomic mass is 10.0. The minimum atomic E-state index is 0.0259. The molecule has 0 aliphatic carbocycles. The summed E-state index contributed by atoms with van der Waals surface area (Å²) in [5.41, 5.74) is 0.924. The second-order valence-corrected chi connectivity index (χ2v) is 6.47. The summed E-state index contributed by atoms with van der Waals surface area (Å²) >= 11 is 1.52. The molecule has 0 saturated carbocycles. The number of aromatic nitrogens is 2. The summed E-state index contributed by atoms with van der Waals surface area (Å²) in [7, 11) is 0. The average molecular weight is 306 g/mol. The van der Waals surface area contributed by atoms with Crippen LogP contribution in [0, 0.1) is 0 Å². The van der Waals surface area contributed by atoms with Gasteiger partial charge in [-0.3, -0.25) is 14.1 Å². The largest absolute Gasteiger partial charge is 0.317 e. The smallest absolute Gasteiger partial charge is 0.258 e. The van der Waals surface area contributed by atoms with E-state index in [4.69, 9.17) is 0 Å². The molecule has 1 saturated heterocycles. The van der Waals surface area contributed by atoms with Crippen LogP contribution < -0.4 is 10.9 Å². The molecule has 1 N–H and O–H groups in total. The molecule has 0 atom stereocenters. The lowest BCUT2D eigenvalue weighted by Crippen LogP contribution is -2.43. The van der Waals surface area contributed by atoms with Gasteiger partial charge >= 0.3 is 0 Å². The lowest BCUT2D eigenvalue weighted by molar-refractivity contribution is 0.152. The van der Waals surface area contributed by atoms with Crippen molar-refractivity contribution in [2.24, 2.45) is 0 Å². The number of fused-ring (bicyclic) bond motifs is 1. The van der Waals surface area contributed by atoms with Crippen molar-refractivity contribution in [3.8, 4) is 0 Å². The summed E-state index contributed by atoms with van der Waals surface area (Å²) < 4.78 is 1.61. The summed E-state index contributed by atoms with van der Waals surface area (Å²) in [6.07, 6.45) is 5.28. The van der Waals surface area contributed by atoms with E-state index < -0.39 is 0 Å². The van der Waals surface area contributed by atoms with E-state index in [2.05, 4.69) is 22.1 Å². The van der Waals surface area contributed by atoms with Crippen LogP contribution in [0.25, 0.3) is 4.96 Å². The molecular formula is C15H22N4OS. The van der Waals surface area contributed by atoms with E-state index in [9.17, 15) is 4.79 Å². The van der Waals surface area contributed by atoms with Gasteiger partial charge in [-0.2, -0.15) is 0 Å². The first-order chi connectivity index (χ1) is 10.3. The summed E-state index contributed by atoms with van der Waals surface area (Å²) in [6.45, 7) is 6.23. The van der Waals surface area contributed by atoms with Crippen LogP contribution in [0.5, 0.6) is 0 Å². The second kappa shape index (κ2) is 6.68. The molecule has 2 aromatic heterocycles. The molecule has 1 aliphatic heterocycles. The van der Waals surface area contributed by atoms with Crippen molar-refractivity contribution in [2.75, 3.05) is 19.6 Å². The first-order valence-electron chi connectivity index (χ1n) is 7.68. The van der Waals surface area contributed by atoms with E-state index in [0.29, 0.717) is 6.04 Å². The molecule has 6 heteroatoms. The monoisotopic (exact) mass is 306 g/mol. The number of rotatable bonds is 5. The second-order valence-electron chi connectivity index (χ2n) is 5.59. The van der Waals surface area contributed by atoms with Crippen LogP contribution in [0.4, 0.5) is 0 Å². The summed E-state index contributed by atoms with van der Waals surface area (Å²) in [4.78, 5) is 20.0. The third kappa shape index (κ3) is 3.33. The molecule has 0 amide bonds. The number of nitrogens with zero attached hydrogens (tertiary/aromatic N) is 3. The fourth-order valence-electron chi connectivity index (χ4n) is 3.03. The van der Waals surface area contributed by atoms with E-state index in [-0.39, 0.29) is 5.56 Å². The Hall–Kier alpha value is -1.24. The van der Waals surface area contributed by atoms with Gasteiger partial charge in [-0.05, 0) is 38.9 Å². The highest BCUT2D eigenvalue weighted by Crippen LogP contribution is 2.16. The molecule has 0 spiro atoms. The first-order valence-corrected chi connectivity index (χ1v) is 8.56. The van der Waals surface area contributed by atoms with Crippen LogP contribution in [0.2, 0.25) is 0 Å². The van der Waals surface area contributed by atoms with E-state index in [1.807, 2.05) is 5.38 Å². The molecule has 114 valence electrons. The maximum absolute atomic E-state index is 12.1. The van der Waals surface area contributed by atoms with Gasteiger partial charge < -0.3 is 5.32 Å². The topological polar surface area (TPSA) is 49.6 Å². The van der Waals surface area contributed by atoms with Gasteiger partial charge in [0.2, 0.25) is 0 Å². The molecule has 0 bridgehead atoms. The maximum Gasteiger partial charge on any atom is 0.258 e. The molecular weight excluding hydrogens is 284 g/mol. The lowest BCUT2D eigenvalue weighted by Gasteiger charge is -2.34. The molecule has 3 heterocycles. The minimum absolute atomic E-state index is 0.0259. The van der Waals surface area contributed by atoms with E-state index >= 15 is 0 Å². The number of nitrogens with one attached hydrogen (secondary N) is 1. The summed E-state index contributed by atoms with van der Waals surface area (Å²) in [5, 5.41) is 5.32. The molecule has 5 nitrogen and oxygen atoms in total. The van der Waals surface area contributed by atoms with Gasteiger partial charge in [0, 0.05) is 30.2 Å². The third-order valence-corrected chi connectivity index (χ3v) is 4.81. The van der Waals surface area contributed by atoms with Crippen LogP contribution in [-0.2, 0) is 6.54 Å². The number of piperidine rings is 1. The van der Waals surface area contributed by atoms with Crippen molar-refractivity contribution < 1.29 is 0 Å². The average Bonchev–Trinajstić information content (AvgIpc) is 2.97. The summed E-state index contributed by atoms with van der Waals surface area (Å²) in [6, 6.07) is 2.29. The fourth-order valence-corrected chi connectivity index (χ4v) is 3.77. The van der Waals surface area contributed by atoms with Crippen LogP contribution in [0.15, 0.2) is 22.4 Å². The normalized spacial score (nSPS) is 16.9. The number of hydrogen-bond donors (Lipinski definition) is 1. The Balaban J connectivity index is 1.81. The van der Waals surface area contributed by atoms with Gasteiger partial charge in [0.25, 0.3) is 5.56 Å². The molecule has 0 radical (unpaired) electrons. The quantitative estimate of drug-likeness (QED) is 0.914. The van der Waals surface area contributed by atoms with Crippen LogP contribution in [0.3, 0.4) is 0 Å². The highest BCUT2D eigenvalue weighted by atomic mass is 32.1. The van der Waals surface area contributed by atoms with Crippen LogP contribution in [-0.4, -0.2) is 40.0 Å². The van der Waals surface area contributed by atoms with Crippen molar-refractivity contribution in [2.45, 2.75) is 38.8 Å². The molecule has 21 heavy (non-hydrogen) atoms. The summed E-state index contributed by atoms with van der Waals surface area (Å²) in [5.74, 6) is 0. The minimum Gasteiger partial charge on any atom is -0.317 e. The van der Waals surface area contributed by atoms with Crippen LogP contribution >= 0.6 is 11.3 Å². The van der Waals surface area contributed by atoms with Crippen molar-refractivity contribution >= 4 is 16.3 Å². The Morgan fingerprint density at radius 1 is 1.48 bits per heavy atom. The van der Waals surface area contributed by atoms with E-state index in [1.165, 1.54) is 24.2 Å². The zero-order valence-electron chi connectivity index (χ0n) is 12.4. The third-order valence-electron chi connectivity index (χ3n) is 4.06. The van der Waals surface area contributed by atoms with Gasteiger partial charge in [-0.25, -0.2) is 4.98 Å². The Morgan fingerprint density at radius 2 is 2.29 bits per heavy atom. The Kier molecular flexibility index (Phi) is 4.67. The predicted octanol–water partition coefficient (Wildman–Crippen LogP) is 1.72. The molecule has 0 unspecified atom stereocenters. The molecule has 2 aromatic rings. The SMILES string of the molecule is CCCN(Cc1cc(=O)n2ccsc2n1)C1CCNCC1. The highest BCUT2D eigenvalue weighted by Gasteiger charge is 2.21. The van der Waals surface area contributed by atoms with Gasteiger partial charge in [-0.1, -0.05) is 6.92 Å². The standard InChI is InChI=1S/C15H22N4OS/c1-2-7-18(13-3-5-16-6-4-13)11-12-10-14(20)19-8-9-21-15(19)17-12/h8-10,13,16H,2-7,11H2,1H3. The van der Waals surface area contributed by atoms with Crippen molar-refractivity contribution in [3.63, 3.8) is 0 Å². The van der Waals surface area contributed by atoms with Gasteiger partial charge in [0.15, 0.2) is 4.96 Å². The Morgan fingerprint density at radius 3 is 3.05 bits per heavy atom. The van der Waals surface area contributed by atoms with E-state index in [0.717, 1.165) is 43.3 Å².